The summed E-state index contributed by atoms with van der Waals surface area (Å²) >= 11 is 0. The molecule has 0 aliphatic rings. The Morgan fingerprint density at radius 2 is 1.60 bits per heavy atom. The van der Waals surface area contributed by atoms with Crippen molar-refractivity contribution in [1.29, 1.82) is 5.41 Å². The molecule has 0 saturated heterocycles. The summed E-state index contributed by atoms with van der Waals surface area (Å²) in [6, 6.07) is 9.66. The molecule has 0 bridgehead atoms. The maximum atomic E-state index is 12.4. The summed E-state index contributed by atoms with van der Waals surface area (Å²) in [5.41, 5.74) is 11.2. The molecule has 3 amide bonds. The number of amidine groups is 1. The van der Waals surface area contributed by atoms with Crippen LogP contribution in [-0.4, -0.2) is 50.9 Å². The first kappa shape index (κ1) is 22.0. The van der Waals surface area contributed by atoms with Crippen molar-refractivity contribution in [3.63, 3.8) is 0 Å². The van der Waals surface area contributed by atoms with Crippen LogP contribution >= 0.6 is 0 Å². The quantitative estimate of drug-likeness (QED) is 0.155. The number of amides is 3. The Labute approximate surface area is 170 Å². The van der Waals surface area contributed by atoms with E-state index in [9.17, 15) is 24.4 Å². The molecule has 0 fully saturated rings. The lowest BCUT2D eigenvalue weighted by Crippen LogP contribution is -2.47. The molecule has 0 radical (unpaired) electrons. The number of nitrogens with one attached hydrogen (secondary N) is 2. The summed E-state index contributed by atoms with van der Waals surface area (Å²) in [5, 5.41) is 28.7. The SMILES string of the molecule is N=C(N)c1ccc(C(=O)Nc2cccc(C(=O)N(O)C(CC(=O)O)C(N)=O)c2)cc1. The monoisotopic (exact) mass is 413 g/mol. The number of carbonyl (C=O) groups excluding carboxylic acids is 3. The number of hydrogen-bond donors (Lipinski definition) is 6. The van der Waals surface area contributed by atoms with Crippen LogP contribution in [0.4, 0.5) is 5.69 Å². The number of carboxylic acid groups (broad SMARTS) is 1. The minimum atomic E-state index is -1.76. The van der Waals surface area contributed by atoms with Gasteiger partial charge in [0.25, 0.3) is 11.8 Å². The zero-order chi connectivity index (χ0) is 22.4. The highest BCUT2D eigenvalue weighted by atomic mass is 16.5. The van der Waals surface area contributed by atoms with Crippen LogP contribution in [-0.2, 0) is 9.59 Å². The topological polar surface area (TPSA) is 200 Å². The van der Waals surface area contributed by atoms with Crippen molar-refractivity contribution < 1.29 is 29.5 Å². The molecular formula is C19H19N5O6. The van der Waals surface area contributed by atoms with E-state index >= 15 is 0 Å². The van der Waals surface area contributed by atoms with Gasteiger partial charge in [0.1, 0.15) is 11.9 Å². The van der Waals surface area contributed by atoms with Gasteiger partial charge in [0.05, 0.1) is 6.42 Å². The zero-order valence-corrected chi connectivity index (χ0v) is 15.5. The second-order valence-electron chi connectivity index (χ2n) is 6.19. The fourth-order valence-electron chi connectivity index (χ4n) is 2.48. The third kappa shape index (κ3) is 5.39. The highest BCUT2D eigenvalue weighted by molar-refractivity contribution is 6.06. The third-order valence-electron chi connectivity index (χ3n) is 4.03. The fourth-order valence-corrected chi connectivity index (χ4v) is 2.48. The lowest BCUT2D eigenvalue weighted by atomic mass is 10.1. The van der Waals surface area contributed by atoms with Gasteiger partial charge in [-0.25, -0.2) is 5.06 Å². The van der Waals surface area contributed by atoms with Crippen LogP contribution in [0.2, 0.25) is 0 Å². The maximum Gasteiger partial charge on any atom is 0.306 e. The van der Waals surface area contributed by atoms with Gasteiger partial charge in [0.15, 0.2) is 0 Å². The van der Waals surface area contributed by atoms with Gasteiger partial charge >= 0.3 is 5.97 Å². The summed E-state index contributed by atoms with van der Waals surface area (Å²) in [7, 11) is 0. The van der Waals surface area contributed by atoms with Crippen LogP contribution in [0.5, 0.6) is 0 Å². The molecule has 1 unspecified atom stereocenters. The van der Waals surface area contributed by atoms with E-state index in [1.807, 2.05) is 0 Å². The van der Waals surface area contributed by atoms with Crippen molar-refractivity contribution in [2.24, 2.45) is 11.5 Å². The lowest BCUT2D eigenvalue weighted by molar-refractivity contribution is -0.151. The number of aliphatic carboxylic acids is 1. The predicted molar refractivity (Wildman–Crippen MR) is 105 cm³/mol. The van der Waals surface area contributed by atoms with Crippen LogP contribution in [0, 0.1) is 5.41 Å². The number of rotatable bonds is 8. The number of hydroxylamine groups is 2. The molecular weight excluding hydrogens is 394 g/mol. The van der Waals surface area contributed by atoms with E-state index in [2.05, 4.69) is 5.32 Å². The maximum absolute atomic E-state index is 12.4. The molecule has 0 aliphatic heterocycles. The van der Waals surface area contributed by atoms with Crippen LogP contribution in [0.3, 0.4) is 0 Å². The molecule has 2 aromatic rings. The van der Waals surface area contributed by atoms with Crippen molar-refractivity contribution in [3.05, 3.63) is 65.2 Å². The minimum Gasteiger partial charge on any atom is -0.481 e. The van der Waals surface area contributed by atoms with Crippen LogP contribution in [0.25, 0.3) is 0 Å². The Balaban J connectivity index is 2.17. The number of primary amides is 1. The van der Waals surface area contributed by atoms with Gasteiger partial charge in [-0.3, -0.25) is 29.8 Å². The van der Waals surface area contributed by atoms with Gasteiger partial charge < -0.3 is 21.9 Å². The Kier molecular flexibility index (Phi) is 6.83. The fraction of sp³-hybridized carbons (Fsp3) is 0.105. The zero-order valence-electron chi connectivity index (χ0n) is 15.5. The molecule has 11 heteroatoms. The first-order chi connectivity index (χ1) is 14.1. The van der Waals surface area contributed by atoms with E-state index < -0.39 is 36.2 Å². The molecule has 11 nitrogen and oxygen atoms in total. The average molecular weight is 413 g/mol. The number of carbonyl (C=O) groups is 4. The molecule has 30 heavy (non-hydrogen) atoms. The molecule has 0 saturated carbocycles. The van der Waals surface area contributed by atoms with E-state index in [0.717, 1.165) is 0 Å². The normalized spacial score (nSPS) is 11.2. The minimum absolute atomic E-state index is 0.0438. The number of carboxylic acids is 1. The van der Waals surface area contributed by atoms with Gasteiger partial charge in [-0.05, 0) is 30.3 Å². The van der Waals surface area contributed by atoms with Crippen LogP contribution < -0.4 is 16.8 Å². The molecule has 0 spiro atoms. The Morgan fingerprint density at radius 3 is 2.13 bits per heavy atom. The molecule has 2 aromatic carbocycles. The second-order valence-corrected chi connectivity index (χ2v) is 6.19. The Morgan fingerprint density at radius 1 is 1.00 bits per heavy atom. The third-order valence-corrected chi connectivity index (χ3v) is 4.03. The predicted octanol–water partition coefficient (Wildman–Crippen LogP) is 0.383. The van der Waals surface area contributed by atoms with Crippen molar-refractivity contribution in [1.82, 2.24) is 5.06 Å². The molecule has 156 valence electrons. The number of anilines is 1. The van der Waals surface area contributed by atoms with Crippen LogP contribution in [0.15, 0.2) is 48.5 Å². The van der Waals surface area contributed by atoms with Crippen molar-refractivity contribution in [2.75, 3.05) is 5.32 Å². The summed E-state index contributed by atoms with van der Waals surface area (Å²) in [6.45, 7) is 0. The second kappa shape index (κ2) is 9.30. The van der Waals surface area contributed by atoms with Gasteiger partial charge in [0, 0.05) is 22.4 Å². The van der Waals surface area contributed by atoms with Gasteiger partial charge in [0.2, 0.25) is 5.91 Å². The molecule has 0 aromatic heterocycles. The standard InChI is InChI=1S/C19H19N5O6/c20-16(21)10-4-6-11(7-5-10)18(28)23-13-3-1-2-12(8-13)19(29)24(30)14(17(22)27)9-15(25)26/h1-8,14,30H,9H2,(H3,20,21)(H2,22,27)(H,23,28)(H,25,26). The van der Waals surface area contributed by atoms with E-state index in [-0.39, 0.29) is 27.7 Å². The smallest absolute Gasteiger partial charge is 0.306 e. The van der Waals surface area contributed by atoms with Crippen molar-refractivity contribution in [2.45, 2.75) is 12.5 Å². The first-order valence-corrected chi connectivity index (χ1v) is 8.49. The Hall–Kier alpha value is -4.25. The highest BCUT2D eigenvalue weighted by Crippen LogP contribution is 2.16. The number of hydrogen-bond acceptors (Lipinski definition) is 6. The summed E-state index contributed by atoms with van der Waals surface area (Å²) in [4.78, 5) is 47.0. The number of nitrogen functional groups attached to an aromatic ring is 1. The summed E-state index contributed by atoms with van der Waals surface area (Å²) in [6.07, 6.45) is -0.871. The van der Waals surface area contributed by atoms with E-state index in [1.54, 1.807) is 0 Å². The molecule has 8 N–H and O–H groups in total. The highest BCUT2D eigenvalue weighted by Gasteiger charge is 2.30. The molecule has 1 atom stereocenters. The summed E-state index contributed by atoms with van der Waals surface area (Å²) in [5.74, 6) is -4.33. The number of nitrogens with zero attached hydrogens (tertiary/aromatic N) is 1. The van der Waals surface area contributed by atoms with Crippen molar-refractivity contribution in [3.8, 4) is 0 Å². The Bertz CT molecular complexity index is 1000. The van der Waals surface area contributed by atoms with Gasteiger partial charge in [-0.15, -0.1) is 0 Å². The van der Waals surface area contributed by atoms with Gasteiger partial charge in [-0.1, -0.05) is 18.2 Å². The van der Waals surface area contributed by atoms with Gasteiger partial charge in [-0.2, -0.15) is 0 Å². The lowest BCUT2D eigenvalue weighted by Gasteiger charge is -2.22. The average Bonchev–Trinajstić information content (AvgIpc) is 2.70. The van der Waals surface area contributed by atoms with E-state index in [1.165, 1.54) is 48.5 Å². The van der Waals surface area contributed by atoms with Crippen molar-refractivity contribution >= 4 is 35.2 Å². The molecule has 2 rings (SSSR count). The van der Waals surface area contributed by atoms with E-state index in [0.29, 0.717) is 5.56 Å². The molecule has 0 heterocycles. The summed E-state index contributed by atoms with van der Waals surface area (Å²) < 4.78 is 0. The van der Waals surface area contributed by atoms with E-state index in [4.69, 9.17) is 22.0 Å². The van der Waals surface area contributed by atoms with Crippen LogP contribution in [0.1, 0.15) is 32.7 Å². The first-order valence-electron chi connectivity index (χ1n) is 8.49. The number of benzene rings is 2. The number of nitrogens with two attached hydrogens (primary N) is 2. The largest absolute Gasteiger partial charge is 0.481 e. The molecule has 0 aliphatic carbocycles.